The predicted molar refractivity (Wildman–Crippen MR) is 71.8 cm³/mol. The van der Waals surface area contributed by atoms with E-state index in [9.17, 15) is 20.4 Å². The van der Waals surface area contributed by atoms with Crippen LogP contribution in [0.2, 0.25) is 0 Å². The molecule has 0 bridgehead atoms. The molecular formula is C12H25N3O6. The van der Waals surface area contributed by atoms with Gasteiger partial charge in [-0.05, 0) is 6.42 Å². The first kappa shape index (κ1) is 17.0. The zero-order valence-electron chi connectivity index (χ0n) is 11.7. The minimum atomic E-state index is -1.43. The first-order chi connectivity index (χ1) is 9.85. The molecule has 0 aromatic heterocycles. The smallest absolute Gasteiger partial charge is 0.186 e. The van der Waals surface area contributed by atoms with Gasteiger partial charge in [-0.1, -0.05) is 0 Å². The van der Waals surface area contributed by atoms with Crippen molar-refractivity contribution in [2.45, 2.75) is 67.8 Å². The van der Waals surface area contributed by atoms with Crippen LogP contribution in [-0.4, -0.2) is 82.0 Å². The van der Waals surface area contributed by atoms with E-state index < -0.39 is 55.0 Å². The Hall–Kier alpha value is -0.360. The zero-order valence-corrected chi connectivity index (χ0v) is 11.7. The first-order valence-electron chi connectivity index (χ1n) is 7.09. The summed E-state index contributed by atoms with van der Waals surface area (Å²) in [6, 6.07) is -0.833. The van der Waals surface area contributed by atoms with Gasteiger partial charge in [0.25, 0.3) is 0 Å². The van der Waals surface area contributed by atoms with Gasteiger partial charge in [-0.15, -0.1) is 0 Å². The average molecular weight is 307 g/mol. The minimum absolute atomic E-state index is 0.0327. The van der Waals surface area contributed by atoms with Gasteiger partial charge in [0.05, 0.1) is 12.2 Å². The Balaban J connectivity index is 2.01. The van der Waals surface area contributed by atoms with Crippen LogP contribution in [0.5, 0.6) is 0 Å². The second kappa shape index (κ2) is 6.82. The number of hydrogen-bond donors (Lipinski definition) is 7. The standard InChI is InChI=1S/C12H25N3O6/c13-3-8-9(17)10(18)11(19)12(21-8)20-7-2-6(16)4(14)1-5(7)15/h4-12,16-19H,1-3,13-15H2/t4-,5-,6-,7-,8-,9-,10+,11-,12+/m1/s1. The summed E-state index contributed by atoms with van der Waals surface area (Å²) >= 11 is 0. The Kier molecular flexibility index (Phi) is 5.52. The van der Waals surface area contributed by atoms with Gasteiger partial charge in [-0.25, -0.2) is 0 Å². The van der Waals surface area contributed by atoms with Gasteiger partial charge >= 0.3 is 0 Å². The molecule has 2 fully saturated rings. The third-order valence-electron chi connectivity index (χ3n) is 4.20. The number of rotatable bonds is 3. The maximum Gasteiger partial charge on any atom is 0.186 e. The normalized spacial score (nSPS) is 51.9. The molecule has 0 aromatic carbocycles. The summed E-state index contributed by atoms with van der Waals surface area (Å²) in [4.78, 5) is 0. The minimum Gasteiger partial charge on any atom is -0.391 e. The number of aliphatic hydroxyl groups is 4. The van der Waals surface area contributed by atoms with Crippen LogP contribution >= 0.6 is 0 Å². The van der Waals surface area contributed by atoms with E-state index in [1.54, 1.807) is 0 Å². The quantitative estimate of drug-likeness (QED) is 0.273. The topological polar surface area (TPSA) is 177 Å². The van der Waals surface area contributed by atoms with Crippen molar-refractivity contribution in [3.63, 3.8) is 0 Å². The molecule has 0 radical (unpaired) electrons. The lowest BCUT2D eigenvalue weighted by atomic mass is 9.87. The fourth-order valence-corrected chi connectivity index (χ4v) is 2.76. The van der Waals surface area contributed by atoms with E-state index in [1.165, 1.54) is 0 Å². The highest BCUT2D eigenvalue weighted by Gasteiger charge is 2.46. The van der Waals surface area contributed by atoms with E-state index in [1.807, 2.05) is 0 Å². The van der Waals surface area contributed by atoms with Crippen molar-refractivity contribution < 1.29 is 29.9 Å². The third kappa shape index (κ3) is 3.52. The molecule has 0 spiro atoms. The van der Waals surface area contributed by atoms with Crippen molar-refractivity contribution in [3.05, 3.63) is 0 Å². The van der Waals surface area contributed by atoms with E-state index in [4.69, 9.17) is 26.7 Å². The van der Waals surface area contributed by atoms with Crippen LogP contribution in [0.3, 0.4) is 0 Å². The van der Waals surface area contributed by atoms with Crippen molar-refractivity contribution >= 4 is 0 Å². The van der Waals surface area contributed by atoms with E-state index in [2.05, 4.69) is 0 Å². The third-order valence-corrected chi connectivity index (χ3v) is 4.20. The monoisotopic (exact) mass is 307 g/mol. The fourth-order valence-electron chi connectivity index (χ4n) is 2.76. The summed E-state index contributed by atoms with van der Waals surface area (Å²) in [5.74, 6) is 0. The van der Waals surface area contributed by atoms with E-state index in [0.29, 0.717) is 6.42 Å². The molecule has 1 saturated carbocycles. The second-order valence-corrected chi connectivity index (χ2v) is 5.79. The van der Waals surface area contributed by atoms with Crippen molar-refractivity contribution in [1.29, 1.82) is 0 Å². The summed E-state index contributed by atoms with van der Waals surface area (Å²) < 4.78 is 11.0. The van der Waals surface area contributed by atoms with Crippen molar-refractivity contribution in [3.8, 4) is 0 Å². The van der Waals surface area contributed by atoms with Crippen molar-refractivity contribution in [2.24, 2.45) is 17.2 Å². The maximum absolute atomic E-state index is 9.93. The summed E-state index contributed by atoms with van der Waals surface area (Å²) in [7, 11) is 0. The average Bonchev–Trinajstić information content (AvgIpc) is 2.45. The van der Waals surface area contributed by atoms with Crippen LogP contribution in [0.25, 0.3) is 0 Å². The molecule has 2 rings (SSSR count). The van der Waals surface area contributed by atoms with Gasteiger partial charge in [0.2, 0.25) is 0 Å². The van der Waals surface area contributed by atoms with Gasteiger partial charge in [-0.2, -0.15) is 0 Å². The highest BCUT2D eigenvalue weighted by molar-refractivity contribution is 4.94. The fraction of sp³-hybridized carbons (Fsp3) is 1.00. The van der Waals surface area contributed by atoms with Crippen LogP contribution in [-0.2, 0) is 9.47 Å². The van der Waals surface area contributed by atoms with Crippen LogP contribution in [0.4, 0.5) is 0 Å². The summed E-state index contributed by atoms with van der Waals surface area (Å²) in [5, 5.41) is 39.2. The van der Waals surface area contributed by atoms with Gasteiger partial charge in [0.15, 0.2) is 6.29 Å². The summed E-state index contributed by atoms with van der Waals surface area (Å²) in [6.45, 7) is -0.0327. The highest BCUT2D eigenvalue weighted by Crippen LogP contribution is 2.27. The van der Waals surface area contributed by atoms with Crippen LogP contribution in [0.1, 0.15) is 12.8 Å². The number of ether oxygens (including phenoxy) is 2. The lowest BCUT2D eigenvalue weighted by molar-refractivity contribution is -0.309. The van der Waals surface area contributed by atoms with E-state index in [-0.39, 0.29) is 13.0 Å². The number of nitrogens with two attached hydrogens (primary N) is 3. The SMILES string of the molecule is NC[C@H]1O[C@H](O[C@@H]2C[C@@H](O)[C@H](N)C[C@H]2N)[C@H](O)[C@@H](O)[C@@H]1O. The lowest BCUT2D eigenvalue weighted by Crippen LogP contribution is -2.62. The summed E-state index contributed by atoms with van der Waals surface area (Å²) in [5.41, 5.74) is 17.1. The molecule has 0 unspecified atom stereocenters. The molecule has 2 aliphatic rings. The molecule has 1 heterocycles. The van der Waals surface area contributed by atoms with Gasteiger partial charge in [0.1, 0.15) is 24.4 Å². The molecule has 1 aliphatic heterocycles. The van der Waals surface area contributed by atoms with Gasteiger partial charge in [-0.3, -0.25) is 0 Å². The van der Waals surface area contributed by atoms with E-state index in [0.717, 1.165) is 0 Å². The predicted octanol–water partition coefficient (Wildman–Crippen LogP) is -4.05. The van der Waals surface area contributed by atoms with Crippen LogP contribution in [0, 0.1) is 0 Å². The lowest BCUT2D eigenvalue weighted by Gasteiger charge is -2.43. The van der Waals surface area contributed by atoms with Crippen LogP contribution in [0.15, 0.2) is 0 Å². The molecular weight excluding hydrogens is 282 g/mol. The molecule has 9 nitrogen and oxygen atoms in total. The first-order valence-corrected chi connectivity index (χ1v) is 7.09. The number of aliphatic hydroxyl groups excluding tert-OH is 4. The Morgan fingerprint density at radius 3 is 2.24 bits per heavy atom. The molecule has 124 valence electrons. The highest BCUT2D eigenvalue weighted by atomic mass is 16.7. The molecule has 21 heavy (non-hydrogen) atoms. The molecule has 9 atom stereocenters. The van der Waals surface area contributed by atoms with E-state index >= 15 is 0 Å². The van der Waals surface area contributed by atoms with Crippen molar-refractivity contribution in [1.82, 2.24) is 0 Å². The number of hydrogen-bond acceptors (Lipinski definition) is 9. The molecule has 0 amide bonds. The van der Waals surface area contributed by atoms with Gasteiger partial charge < -0.3 is 47.1 Å². The largest absolute Gasteiger partial charge is 0.391 e. The van der Waals surface area contributed by atoms with Crippen LogP contribution < -0.4 is 17.2 Å². The Bertz CT molecular complexity index is 347. The Morgan fingerprint density at radius 1 is 0.952 bits per heavy atom. The molecule has 10 N–H and O–H groups in total. The second-order valence-electron chi connectivity index (χ2n) is 5.79. The van der Waals surface area contributed by atoms with Crippen molar-refractivity contribution in [2.75, 3.05) is 6.54 Å². The maximum atomic E-state index is 9.93. The summed E-state index contributed by atoms with van der Waals surface area (Å²) in [6.07, 6.45) is -6.90. The zero-order chi connectivity index (χ0) is 15.7. The van der Waals surface area contributed by atoms with Gasteiger partial charge in [0, 0.05) is 25.0 Å². The Morgan fingerprint density at radius 2 is 1.62 bits per heavy atom. The molecule has 9 heteroatoms. The molecule has 1 aliphatic carbocycles. The molecule has 0 aromatic rings. The molecule has 1 saturated heterocycles. The Labute approximate surface area is 122 Å².